The lowest BCUT2D eigenvalue weighted by Gasteiger charge is -2.35. The Balaban J connectivity index is 1.76. The average molecular weight is 272 g/mol. The molecule has 0 aromatic carbocycles. The van der Waals surface area contributed by atoms with Gasteiger partial charge in [-0.3, -0.25) is 4.40 Å². The molecule has 0 bridgehead atoms. The molecule has 1 aliphatic heterocycles. The molecule has 2 aromatic rings. The Morgan fingerprint density at radius 2 is 2.20 bits per heavy atom. The molecule has 1 saturated heterocycles. The second-order valence-electron chi connectivity index (χ2n) is 6.35. The van der Waals surface area contributed by atoms with Crippen molar-refractivity contribution in [3.63, 3.8) is 0 Å². The molecule has 1 unspecified atom stereocenters. The lowest BCUT2D eigenvalue weighted by atomic mass is 9.93. The smallest absolute Gasteiger partial charge is 0.161 e. The average Bonchev–Trinajstić information content (AvgIpc) is 2.81. The molecule has 0 N–H and O–H groups in total. The summed E-state index contributed by atoms with van der Waals surface area (Å²) in [4.78, 5) is 2.58. The minimum atomic E-state index is 0.649. The monoisotopic (exact) mass is 272 g/mol. The van der Waals surface area contributed by atoms with Crippen molar-refractivity contribution in [1.82, 2.24) is 19.5 Å². The summed E-state index contributed by atoms with van der Waals surface area (Å²) in [6.07, 6.45) is 5.75. The van der Waals surface area contributed by atoms with Crippen LogP contribution in [0.5, 0.6) is 0 Å². The molecular formula is C16H24N4. The standard InChI is InChI=1S/C16H24N4/c1-12(2)19-7-4-5-14(11-19)10-16-18-17-15-9-13(3)6-8-20(15)16/h6,8-9,12,14H,4-5,7,10-11H2,1-3H3. The summed E-state index contributed by atoms with van der Waals surface area (Å²) in [6.45, 7) is 9.11. The van der Waals surface area contributed by atoms with Crippen molar-refractivity contribution in [2.75, 3.05) is 13.1 Å². The molecular weight excluding hydrogens is 248 g/mol. The summed E-state index contributed by atoms with van der Waals surface area (Å²) >= 11 is 0. The van der Waals surface area contributed by atoms with Crippen molar-refractivity contribution < 1.29 is 0 Å². The van der Waals surface area contributed by atoms with Crippen LogP contribution in [0.25, 0.3) is 5.65 Å². The fraction of sp³-hybridized carbons (Fsp3) is 0.625. The van der Waals surface area contributed by atoms with Gasteiger partial charge in [-0.2, -0.15) is 0 Å². The third kappa shape index (κ3) is 2.70. The number of hydrogen-bond donors (Lipinski definition) is 0. The Hall–Kier alpha value is -1.42. The van der Waals surface area contributed by atoms with Crippen molar-refractivity contribution in [2.45, 2.75) is 46.1 Å². The van der Waals surface area contributed by atoms with Gasteiger partial charge < -0.3 is 4.90 Å². The minimum Gasteiger partial charge on any atom is -0.301 e. The van der Waals surface area contributed by atoms with E-state index in [0.29, 0.717) is 12.0 Å². The van der Waals surface area contributed by atoms with Gasteiger partial charge in [0.1, 0.15) is 5.82 Å². The van der Waals surface area contributed by atoms with E-state index in [1.165, 1.54) is 31.5 Å². The molecule has 2 aromatic heterocycles. The van der Waals surface area contributed by atoms with E-state index in [2.05, 4.69) is 58.6 Å². The summed E-state index contributed by atoms with van der Waals surface area (Å²) in [5, 5.41) is 8.69. The van der Waals surface area contributed by atoms with Gasteiger partial charge in [-0.25, -0.2) is 0 Å². The molecule has 0 amide bonds. The van der Waals surface area contributed by atoms with Crippen LogP contribution in [0, 0.1) is 12.8 Å². The Morgan fingerprint density at radius 3 is 3.00 bits per heavy atom. The largest absolute Gasteiger partial charge is 0.301 e. The molecule has 4 nitrogen and oxygen atoms in total. The van der Waals surface area contributed by atoms with Crippen LogP contribution in [0.3, 0.4) is 0 Å². The molecule has 1 aliphatic rings. The number of aromatic nitrogens is 3. The van der Waals surface area contributed by atoms with E-state index in [9.17, 15) is 0 Å². The third-order valence-corrected chi connectivity index (χ3v) is 4.39. The van der Waals surface area contributed by atoms with Crippen LogP contribution in [0.15, 0.2) is 18.3 Å². The first kappa shape index (κ1) is 13.6. The normalized spacial score (nSPS) is 20.9. The van der Waals surface area contributed by atoms with Crippen molar-refractivity contribution >= 4 is 5.65 Å². The lowest BCUT2D eigenvalue weighted by molar-refractivity contribution is 0.138. The summed E-state index contributed by atoms with van der Waals surface area (Å²) in [7, 11) is 0. The molecule has 108 valence electrons. The predicted octanol–water partition coefficient (Wildman–Crippen LogP) is 2.70. The van der Waals surface area contributed by atoms with E-state index in [0.717, 1.165) is 17.9 Å². The second kappa shape index (κ2) is 5.52. The number of aryl methyl sites for hydroxylation is 1. The zero-order valence-electron chi connectivity index (χ0n) is 12.7. The van der Waals surface area contributed by atoms with E-state index in [1.807, 2.05) is 0 Å². The zero-order valence-corrected chi connectivity index (χ0v) is 12.7. The van der Waals surface area contributed by atoms with Gasteiger partial charge in [-0.1, -0.05) is 0 Å². The van der Waals surface area contributed by atoms with Gasteiger partial charge in [-0.05, 0) is 63.8 Å². The first-order valence-electron chi connectivity index (χ1n) is 7.68. The second-order valence-corrected chi connectivity index (χ2v) is 6.35. The van der Waals surface area contributed by atoms with Gasteiger partial charge >= 0.3 is 0 Å². The topological polar surface area (TPSA) is 33.4 Å². The molecule has 4 heteroatoms. The van der Waals surface area contributed by atoms with Gasteiger partial charge in [0.25, 0.3) is 0 Å². The number of hydrogen-bond acceptors (Lipinski definition) is 3. The Bertz CT molecular complexity index is 587. The maximum absolute atomic E-state index is 4.39. The van der Waals surface area contributed by atoms with Crippen molar-refractivity contribution in [3.8, 4) is 0 Å². The summed E-state index contributed by atoms with van der Waals surface area (Å²) < 4.78 is 2.14. The van der Waals surface area contributed by atoms with E-state index < -0.39 is 0 Å². The Morgan fingerprint density at radius 1 is 1.35 bits per heavy atom. The Labute approximate surface area is 120 Å². The van der Waals surface area contributed by atoms with Gasteiger partial charge in [-0.15, -0.1) is 10.2 Å². The van der Waals surface area contributed by atoms with E-state index in [4.69, 9.17) is 0 Å². The van der Waals surface area contributed by atoms with E-state index >= 15 is 0 Å². The van der Waals surface area contributed by atoms with E-state index in [1.54, 1.807) is 0 Å². The highest BCUT2D eigenvalue weighted by Crippen LogP contribution is 2.22. The SMILES string of the molecule is Cc1ccn2c(CC3CCCN(C(C)C)C3)nnc2c1. The Kier molecular flexibility index (Phi) is 3.74. The quantitative estimate of drug-likeness (QED) is 0.861. The molecule has 3 heterocycles. The first-order valence-corrected chi connectivity index (χ1v) is 7.68. The van der Waals surface area contributed by atoms with Crippen LogP contribution in [0.4, 0.5) is 0 Å². The maximum Gasteiger partial charge on any atom is 0.161 e. The highest BCUT2D eigenvalue weighted by molar-refractivity contribution is 5.40. The molecule has 0 radical (unpaired) electrons. The fourth-order valence-electron chi connectivity index (χ4n) is 3.17. The fourth-order valence-corrected chi connectivity index (χ4v) is 3.17. The molecule has 0 spiro atoms. The number of pyridine rings is 1. The van der Waals surface area contributed by atoms with E-state index in [-0.39, 0.29) is 0 Å². The summed E-state index contributed by atoms with van der Waals surface area (Å²) in [5.74, 6) is 1.82. The molecule has 0 aliphatic carbocycles. The van der Waals surface area contributed by atoms with Gasteiger partial charge in [0, 0.05) is 25.2 Å². The van der Waals surface area contributed by atoms with Crippen LogP contribution in [-0.4, -0.2) is 38.6 Å². The zero-order chi connectivity index (χ0) is 14.1. The van der Waals surface area contributed by atoms with Crippen LogP contribution >= 0.6 is 0 Å². The van der Waals surface area contributed by atoms with Crippen molar-refractivity contribution in [2.24, 2.45) is 5.92 Å². The predicted molar refractivity (Wildman–Crippen MR) is 80.9 cm³/mol. The lowest BCUT2D eigenvalue weighted by Crippen LogP contribution is -2.40. The van der Waals surface area contributed by atoms with Crippen LogP contribution in [0.1, 0.15) is 38.1 Å². The highest BCUT2D eigenvalue weighted by Gasteiger charge is 2.23. The molecule has 0 saturated carbocycles. The molecule has 1 fully saturated rings. The third-order valence-electron chi connectivity index (χ3n) is 4.39. The van der Waals surface area contributed by atoms with Crippen LogP contribution in [0.2, 0.25) is 0 Å². The van der Waals surface area contributed by atoms with Crippen LogP contribution < -0.4 is 0 Å². The molecule has 1 atom stereocenters. The first-order chi connectivity index (χ1) is 9.63. The van der Waals surface area contributed by atoms with Gasteiger partial charge in [0.05, 0.1) is 0 Å². The molecule has 3 rings (SSSR count). The molecule has 20 heavy (non-hydrogen) atoms. The number of nitrogens with zero attached hydrogens (tertiary/aromatic N) is 4. The number of likely N-dealkylation sites (tertiary alicyclic amines) is 1. The summed E-state index contributed by atoms with van der Waals surface area (Å²) in [6, 6.07) is 4.87. The van der Waals surface area contributed by atoms with Gasteiger partial charge in [0.2, 0.25) is 0 Å². The maximum atomic E-state index is 4.39. The number of fused-ring (bicyclic) bond motifs is 1. The van der Waals surface area contributed by atoms with Gasteiger partial charge in [0.15, 0.2) is 5.65 Å². The van der Waals surface area contributed by atoms with Crippen molar-refractivity contribution in [1.29, 1.82) is 0 Å². The number of rotatable bonds is 3. The number of piperidine rings is 1. The highest BCUT2D eigenvalue weighted by atomic mass is 15.2. The summed E-state index contributed by atoms with van der Waals surface area (Å²) in [5.41, 5.74) is 2.21. The minimum absolute atomic E-state index is 0.649. The van der Waals surface area contributed by atoms with Crippen LogP contribution in [-0.2, 0) is 6.42 Å². The van der Waals surface area contributed by atoms with Crippen molar-refractivity contribution in [3.05, 3.63) is 29.7 Å².